The number of H-pyrrole nitrogens is 1. The van der Waals surface area contributed by atoms with Gasteiger partial charge in [0.05, 0.1) is 11.1 Å². The van der Waals surface area contributed by atoms with Gasteiger partial charge in [0.1, 0.15) is 0 Å². The summed E-state index contributed by atoms with van der Waals surface area (Å²) in [5, 5.41) is 8.68. The van der Waals surface area contributed by atoms with Crippen molar-refractivity contribution >= 4 is 16.9 Å². The van der Waals surface area contributed by atoms with Gasteiger partial charge in [-0.1, -0.05) is 19.1 Å². The van der Waals surface area contributed by atoms with E-state index in [1.165, 1.54) is 17.7 Å². The van der Waals surface area contributed by atoms with Crippen LogP contribution in [0.5, 0.6) is 0 Å². The predicted octanol–water partition coefficient (Wildman–Crippen LogP) is 3.34. The molecule has 2 heterocycles. The highest BCUT2D eigenvalue weighted by Crippen LogP contribution is 2.33. The SMILES string of the molecule is Cc1nnc(COC(=O)c2cccc3c4c([nH]c23)CC[C@@H](C)C4)o1. The highest BCUT2D eigenvalue weighted by Gasteiger charge is 2.23. The van der Waals surface area contributed by atoms with Crippen molar-refractivity contribution < 1.29 is 13.9 Å². The molecule has 0 amide bonds. The molecular weight excluding hydrogens is 306 g/mol. The van der Waals surface area contributed by atoms with Gasteiger partial charge in [0.15, 0.2) is 6.61 Å². The van der Waals surface area contributed by atoms with E-state index in [-0.39, 0.29) is 12.6 Å². The molecule has 124 valence electrons. The molecule has 2 aromatic heterocycles. The number of rotatable bonds is 3. The Morgan fingerprint density at radius 2 is 2.29 bits per heavy atom. The van der Waals surface area contributed by atoms with Crippen molar-refractivity contribution in [3.8, 4) is 0 Å². The van der Waals surface area contributed by atoms with Crippen molar-refractivity contribution in [2.45, 2.75) is 39.7 Å². The minimum Gasteiger partial charge on any atom is -0.452 e. The maximum Gasteiger partial charge on any atom is 0.340 e. The summed E-state index contributed by atoms with van der Waals surface area (Å²) < 4.78 is 10.6. The fraction of sp³-hybridized carbons (Fsp3) is 0.389. The second kappa shape index (κ2) is 5.78. The highest BCUT2D eigenvalue weighted by molar-refractivity contribution is 6.04. The molecule has 0 bridgehead atoms. The number of benzene rings is 1. The van der Waals surface area contributed by atoms with E-state index in [4.69, 9.17) is 9.15 Å². The highest BCUT2D eigenvalue weighted by atomic mass is 16.5. The van der Waals surface area contributed by atoms with Crippen molar-refractivity contribution in [2.75, 3.05) is 0 Å². The molecule has 0 radical (unpaired) electrons. The minimum atomic E-state index is -0.386. The predicted molar refractivity (Wildman–Crippen MR) is 87.6 cm³/mol. The average molecular weight is 325 g/mol. The van der Waals surface area contributed by atoms with Crippen LogP contribution in [0.3, 0.4) is 0 Å². The van der Waals surface area contributed by atoms with Crippen LogP contribution >= 0.6 is 0 Å². The molecule has 0 fully saturated rings. The van der Waals surface area contributed by atoms with Crippen LogP contribution < -0.4 is 0 Å². The molecule has 6 nitrogen and oxygen atoms in total. The van der Waals surface area contributed by atoms with Crippen LogP contribution in [0.2, 0.25) is 0 Å². The monoisotopic (exact) mass is 325 g/mol. The third-order valence-electron chi connectivity index (χ3n) is 4.58. The Hall–Kier alpha value is -2.63. The van der Waals surface area contributed by atoms with Crippen molar-refractivity contribution in [3.05, 3.63) is 46.8 Å². The molecule has 6 heteroatoms. The number of esters is 1. The summed E-state index contributed by atoms with van der Waals surface area (Å²) >= 11 is 0. The molecule has 1 aliphatic rings. The minimum absolute atomic E-state index is 0.0203. The Morgan fingerprint density at radius 1 is 1.42 bits per heavy atom. The Balaban J connectivity index is 1.63. The first-order valence-electron chi connectivity index (χ1n) is 8.20. The molecule has 4 rings (SSSR count). The van der Waals surface area contributed by atoms with Gasteiger partial charge in [-0.3, -0.25) is 0 Å². The second-order valence-corrected chi connectivity index (χ2v) is 6.45. The van der Waals surface area contributed by atoms with Crippen LogP contribution in [-0.4, -0.2) is 21.2 Å². The summed E-state index contributed by atoms with van der Waals surface area (Å²) in [7, 11) is 0. The number of aromatic amines is 1. The average Bonchev–Trinajstić information content (AvgIpc) is 3.15. The van der Waals surface area contributed by atoms with Crippen molar-refractivity contribution in [1.29, 1.82) is 0 Å². The van der Waals surface area contributed by atoms with E-state index < -0.39 is 0 Å². The summed E-state index contributed by atoms with van der Waals surface area (Å²) in [4.78, 5) is 15.9. The largest absolute Gasteiger partial charge is 0.452 e. The fourth-order valence-corrected chi connectivity index (χ4v) is 3.39. The van der Waals surface area contributed by atoms with Gasteiger partial charge < -0.3 is 14.1 Å². The van der Waals surface area contributed by atoms with Gasteiger partial charge in [0, 0.05) is 18.0 Å². The van der Waals surface area contributed by atoms with Gasteiger partial charge in [0.25, 0.3) is 5.89 Å². The third-order valence-corrected chi connectivity index (χ3v) is 4.58. The lowest BCUT2D eigenvalue weighted by Crippen LogP contribution is -2.09. The summed E-state index contributed by atoms with van der Waals surface area (Å²) in [6, 6.07) is 5.76. The van der Waals surface area contributed by atoms with E-state index in [9.17, 15) is 4.79 Å². The van der Waals surface area contributed by atoms with Crippen LogP contribution in [0.15, 0.2) is 22.6 Å². The van der Waals surface area contributed by atoms with E-state index in [1.807, 2.05) is 6.07 Å². The van der Waals surface area contributed by atoms with E-state index in [0.29, 0.717) is 23.3 Å². The molecule has 0 saturated heterocycles. The lowest BCUT2D eigenvalue weighted by atomic mass is 9.87. The van der Waals surface area contributed by atoms with Crippen molar-refractivity contribution in [1.82, 2.24) is 15.2 Å². The smallest absolute Gasteiger partial charge is 0.340 e. The quantitative estimate of drug-likeness (QED) is 0.747. The number of para-hydroxylation sites is 1. The molecule has 0 aliphatic heterocycles. The fourth-order valence-electron chi connectivity index (χ4n) is 3.39. The number of fused-ring (bicyclic) bond motifs is 3. The van der Waals surface area contributed by atoms with Gasteiger partial charge in [-0.25, -0.2) is 4.79 Å². The van der Waals surface area contributed by atoms with Gasteiger partial charge >= 0.3 is 5.97 Å². The van der Waals surface area contributed by atoms with E-state index in [1.54, 1.807) is 13.0 Å². The van der Waals surface area contributed by atoms with Crippen molar-refractivity contribution in [2.24, 2.45) is 5.92 Å². The normalized spacial score (nSPS) is 17.0. The molecule has 1 aromatic carbocycles. The zero-order valence-corrected chi connectivity index (χ0v) is 13.8. The van der Waals surface area contributed by atoms with Crippen LogP contribution in [0.1, 0.15) is 46.7 Å². The lowest BCUT2D eigenvalue weighted by Gasteiger charge is -2.17. The summed E-state index contributed by atoms with van der Waals surface area (Å²) in [6.45, 7) is 3.95. The van der Waals surface area contributed by atoms with Crippen LogP contribution in [-0.2, 0) is 24.2 Å². The number of hydrogen-bond acceptors (Lipinski definition) is 5. The summed E-state index contributed by atoms with van der Waals surface area (Å²) in [5.74, 6) is 1.04. The number of carbonyl (C=O) groups excluding carboxylic acids is 1. The first-order valence-corrected chi connectivity index (χ1v) is 8.20. The lowest BCUT2D eigenvalue weighted by molar-refractivity contribution is 0.0439. The van der Waals surface area contributed by atoms with Crippen molar-refractivity contribution in [3.63, 3.8) is 0 Å². The number of nitrogens with zero attached hydrogens (tertiary/aromatic N) is 2. The van der Waals surface area contributed by atoms with Crippen LogP contribution in [0, 0.1) is 12.8 Å². The number of aromatic nitrogens is 3. The maximum absolute atomic E-state index is 12.5. The van der Waals surface area contributed by atoms with Gasteiger partial charge in [-0.15, -0.1) is 10.2 Å². The molecule has 1 aliphatic carbocycles. The van der Waals surface area contributed by atoms with E-state index in [0.717, 1.165) is 23.7 Å². The molecule has 1 N–H and O–H groups in total. The Labute approximate surface area is 139 Å². The zero-order chi connectivity index (χ0) is 16.7. The Bertz CT molecular complexity index is 910. The van der Waals surface area contributed by atoms with E-state index >= 15 is 0 Å². The summed E-state index contributed by atoms with van der Waals surface area (Å²) in [5.41, 5.74) is 4.00. The topological polar surface area (TPSA) is 81.0 Å². The number of aryl methyl sites for hydroxylation is 2. The zero-order valence-electron chi connectivity index (χ0n) is 13.8. The molecule has 0 saturated carbocycles. The van der Waals surface area contributed by atoms with Crippen LogP contribution in [0.4, 0.5) is 0 Å². The van der Waals surface area contributed by atoms with Crippen LogP contribution in [0.25, 0.3) is 10.9 Å². The molecule has 24 heavy (non-hydrogen) atoms. The number of ether oxygens (including phenoxy) is 1. The number of nitrogens with one attached hydrogen (secondary N) is 1. The van der Waals surface area contributed by atoms with Gasteiger partial charge in [-0.05, 0) is 36.8 Å². The molecule has 3 aromatic rings. The molecule has 1 atom stereocenters. The summed E-state index contributed by atoms with van der Waals surface area (Å²) in [6.07, 6.45) is 3.26. The van der Waals surface area contributed by atoms with Gasteiger partial charge in [-0.2, -0.15) is 0 Å². The Morgan fingerprint density at radius 3 is 3.08 bits per heavy atom. The Kier molecular flexibility index (Phi) is 3.59. The number of hydrogen-bond donors (Lipinski definition) is 1. The number of carbonyl (C=O) groups is 1. The molecular formula is C18H19N3O3. The molecule has 0 unspecified atom stereocenters. The third kappa shape index (κ3) is 2.58. The van der Waals surface area contributed by atoms with E-state index in [2.05, 4.69) is 28.2 Å². The maximum atomic E-state index is 12.5. The first-order chi connectivity index (χ1) is 11.6. The molecule has 0 spiro atoms. The first kappa shape index (κ1) is 14.9. The van der Waals surface area contributed by atoms with Gasteiger partial charge in [0.2, 0.25) is 5.89 Å². The standard InChI is InChI=1S/C18H19N3O3/c1-10-6-7-15-14(8-10)12-4-3-5-13(17(12)19-15)18(22)23-9-16-21-20-11(2)24-16/h3-5,10,19H,6-9H2,1-2H3/t10-/m1/s1. The second-order valence-electron chi connectivity index (χ2n) is 6.45.